The Labute approximate surface area is 213 Å². The Balaban J connectivity index is 2.05. The SMILES string of the molecule is CCOC(=O)C1(C)CN(C(=O)N(COC)c2ccc(Br)cc2)N=C1c1ccc(C(F)(F)F)c(Cl)c1. The molecule has 1 aliphatic rings. The van der Waals surface area contributed by atoms with E-state index in [0.717, 1.165) is 21.6 Å². The number of hydrazone groups is 1. The molecule has 1 atom stereocenters. The van der Waals surface area contributed by atoms with Crippen LogP contribution in [0.3, 0.4) is 0 Å². The number of rotatable bonds is 6. The molecule has 0 spiro atoms. The molecule has 1 aliphatic heterocycles. The summed E-state index contributed by atoms with van der Waals surface area (Å²) < 4.78 is 50.8. The van der Waals surface area contributed by atoms with E-state index in [1.165, 1.54) is 25.0 Å². The lowest BCUT2D eigenvalue weighted by Gasteiger charge is -2.27. The van der Waals surface area contributed by atoms with Crippen LogP contribution in [0, 0.1) is 5.41 Å². The van der Waals surface area contributed by atoms with Crippen molar-refractivity contribution in [3.05, 3.63) is 63.1 Å². The average molecular weight is 577 g/mol. The summed E-state index contributed by atoms with van der Waals surface area (Å²) in [5.41, 5.74) is -1.73. The topological polar surface area (TPSA) is 71.4 Å². The Hall–Kier alpha value is -2.63. The average Bonchev–Trinajstić information content (AvgIpc) is 3.16. The number of carbonyl (C=O) groups is 2. The molecule has 1 heterocycles. The highest BCUT2D eigenvalue weighted by molar-refractivity contribution is 9.10. The number of amides is 2. The number of alkyl halides is 3. The lowest BCUT2D eigenvalue weighted by molar-refractivity contribution is -0.150. The molecule has 0 radical (unpaired) electrons. The number of methoxy groups -OCH3 is 1. The Morgan fingerprint density at radius 3 is 2.43 bits per heavy atom. The molecule has 3 rings (SSSR count). The highest BCUT2D eigenvalue weighted by Crippen LogP contribution is 2.38. The Bertz CT molecular complexity index is 1140. The van der Waals surface area contributed by atoms with Crippen LogP contribution in [0.1, 0.15) is 25.0 Å². The molecule has 2 aromatic rings. The normalized spacial score (nSPS) is 17.8. The maximum Gasteiger partial charge on any atom is 0.417 e. The first-order chi connectivity index (χ1) is 16.4. The van der Waals surface area contributed by atoms with E-state index in [-0.39, 0.29) is 31.2 Å². The molecule has 0 saturated heterocycles. The van der Waals surface area contributed by atoms with Gasteiger partial charge in [0.2, 0.25) is 0 Å². The first-order valence-corrected chi connectivity index (χ1v) is 11.6. The predicted octanol–water partition coefficient (Wildman–Crippen LogP) is 5.94. The fourth-order valence-electron chi connectivity index (χ4n) is 3.60. The number of ether oxygens (including phenoxy) is 2. The van der Waals surface area contributed by atoms with Gasteiger partial charge in [-0.1, -0.05) is 33.6 Å². The number of urea groups is 1. The van der Waals surface area contributed by atoms with Gasteiger partial charge in [0.1, 0.15) is 12.1 Å². The molecule has 1 unspecified atom stereocenters. The third-order valence-electron chi connectivity index (χ3n) is 5.33. The zero-order chi connectivity index (χ0) is 26.0. The van der Waals surface area contributed by atoms with Crippen LogP contribution < -0.4 is 4.90 Å². The van der Waals surface area contributed by atoms with Gasteiger partial charge in [-0.2, -0.15) is 18.3 Å². The van der Waals surface area contributed by atoms with Gasteiger partial charge in [0.25, 0.3) is 0 Å². The molecule has 0 fully saturated rings. The minimum atomic E-state index is -4.65. The molecule has 2 aromatic carbocycles. The maximum atomic E-state index is 13.4. The number of carbonyl (C=O) groups excluding carboxylic acids is 2. The minimum Gasteiger partial charge on any atom is -0.465 e. The quantitative estimate of drug-likeness (QED) is 0.315. The Kier molecular flexibility index (Phi) is 8.13. The second-order valence-electron chi connectivity index (χ2n) is 7.86. The molecule has 0 N–H and O–H groups in total. The molecule has 12 heteroatoms. The van der Waals surface area contributed by atoms with Crippen molar-refractivity contribution in [2.45, 2.75) is 20.0 Å². The van der Waals surface area contributed by atoms with Crippen LogP contribution in [0.15, 0.2) is 52.0 Å². The van der Waals surface area contributed by atoms with Crippen molar-refractivity contribution in [2.24, 2.45) is 10.5 Å². The van der Waals surface area contributed by atoms with Gasteiger partial charge in [-0.05, 0) is 50.2 Å². The predicted molar refractivity (Wildman–Crippen MR) is 128 cm³/mol. The van der Waals surface area contributed by atoms with Gasteiger partial charge in [0.05, 0.1) is 29.4 Å². The van der Waals surface area contributed by atoms with Crippen molar-refractivity contribution in [3.8, 4) is 0 Å². The number of nitrogens with zero attached hydrogens (tertiary/aromatic N) is 3. The van der Waals surface area contributed by atoms with Crippen molar-refractivity contribution >= 4 is 50.9 Å². The van der Waals surface area contributed by atoms with Crippen molar-refractivity contribution < 1.29 is 32.2 Å². The van der Waals surface area contributed by atoms with Gasteiger partial charge in [-0.25, -0.2) is 9.80 Å². The number of benzene rings is 2. The number of hydrogen-bond donors (Lipinski definition) is 0. The molecule has 2 amide bonds. The molecule has 0 aliphatic carbocycles. The van der Waals surface area contributed by atoms with Crippen LogP contribution in [-0.2, 0) is 20.4 Å². The van der Waals surface area contributed by atoms with E-state index < -0.39 is 34.2 Å². The number of anilines is 1. The number of halogens is 5. The van der Waals surface area contributed by atoms with Crippen molar-refractivity contribution in [1.29, 1.82) is 0 Å². The largest absolute Gasteiger partial charge is 0.465 e. The summed E-state index contributed by atoms with van der Waals surface area (Å²) in [5.74, 6) is -0.674. The monoisotopic (exact) mass is 575 g/mol. The van der Waals surface area contributed by atoms with Crippen LogP contribution in [0.25, 0.3) is 0 Å². The van der Waals surface area contributed by atoms with Gasteiger partial charge >= 0.3 is 18.2 Å². The summed E-state index contributed by atoms with van der Waals surface area (Å²) in [5, 5.41) is 4.86. The van der Waals surface area contributed by atoms with Gasteiger partial charge in [-0.15, -0.1) is 0 Å². The van der Waals surface area contributed by atoms with E-state index in [9.17, 15) is 22.8 Å². The van der Waals surface area contributed by atoms with Crippen molar-refractivity contribution in [3.63, 3.8) is 0 Å². The first kappa shape index (κ1) is 27.0. The summed E-state index contributed by atoms with van der Waals surface area (Å²) in [6.45, 7) is 2.90. The lowest BCUT2D eigenvalue weighted by Crippen LogP contribution is -2.45. The summed E-state index contributed by atoms with van der Waals surface area (Å²) >= 11 is 9.25. The van der Waals surface area contributed by atoms with E-state index in [1.807, 2.05) is 0 Å². The summed E-state index contributed by atoms with van der Waals surface area (Å²) in [7, 11) is 1.42. The molecular formula is C23H22BrClF3N3O4. The van der Waals surface area contributed by atoms with E-state index in [0.29, 0.717) is 5.69 Å². The fraction of sp³-hybridized carbons (Fsp3) is 0.348. The third-order valence-corrected chi connectivity index (χ3v) is 6.17. The molecule has 35 heavy (non-hydrogen) atoms. The Morgan fingerprint density at radius 1 is 1.23 bits per heavy atom. The molecule has 0 aromatic heterocycles. The highest BCUT2D eigenvalue weighted by atomic mass is 79.9. The molecule has 188 valence electrons. The van der Waals surface area contributed by atoms with Crippen molar-refractivity contribution in [2.75, 3.05) is 31.9 Å². The smallest absolute Gasteiger partial charge is 0.417 e. The lowest BCUT2D eigenvalue weighted by atomic mass is 9.82. The highest BCUT2D eigenvalue weighted by Gasteiger charge is 2.49. The van der Waals surface area contributed by atoms with Gasteiger partial charge in [-0.3, -0.25) is 9.69 Å². The zero-order valence-corrected chi connectivity index (χ0v) is 21.4. The second kappa shape index (κ2) is 10.5. The van der Waals surface area contributed by atoms with E-state index >= 15 is 0 Å². The van der Waals surface area contributed by atoms with Crippen LogP contribution >= 0.6 is 27.5 Å². The van der Waals surface area contributed by atoms with Crippen molar-refractivity contribution in [1.82, 2.24) is 5.01 Å². The standard InChI is InChI=1S/C23H22BrClF3N3O4/c1-4-35-20(32)22(2)12-31(21(33)30(13-34-3)16-8-6-15(24)7-9-16)29-19(22)14-5-10-17(18(25)11-14)23(26,27)28/h5-11H,4,12-13H2,1-3H3. The summed E-state index contributed by atoms with van der Waals surface area (Å²) in [4.78, 5) is 27.7. The first-order valence-electron chi connectivity index (χ1n) is 10.4. The van der Waals surface area contributed by atoms with E-state index in [4.69, 9.17) is 21.1 Å². The summed E-state index contributed by atoms with van der Waals surface area (Å²) in [6, 6.07) is 9.35. The molecule has 0 saturated carbocycles. The summed E-state index contributed by atoms with van der Waals surface area (Å²) in [6.07, 6.45) is -4.65. The van der Waals surface area contributed by atoms with Gasteiger partial charge in [0, 0.05) is 22.8 Å². The fourth-order valence-corrected chi connectivity index (χ4v) is 4.15. The number of esters is 1. The Morgan fingerprint density at radius 2 is 1.89 bits per heavy atom. The minimum absolute atomic E-state index is 0.0631. The van der Waals surface area contributed by atoms with E-state index in [2.05, 4.69) is 21.0 Å². The van der Waals surface area contributed by atoms with Crippen LogP contribution in [0.5, 0.6) is 0 Å². The van der Waals surface area contributed by atoms with E-state index in [1.54, 1.807) is 31.2 Å². The third kappa shape index (κ3) is 5.62. The molecule has 7 nitrogen and oxygen atoms in total. The second-order valence-corrected chi connectivity index (χ2v) is 9.18. The zero-order valence-electron chi connectivity index (χ0n) is 19.0. The number of hydrogen-bond acceptors (Lipinski definition) is 5. The maximum absolute atomic E-state index is 13.4. The molecule has 0 bridgehead atoms. The molecular weight excluding hydrogens is 555 g/mol. The van der Waals surface area contributed by atoms with Gasteiger partial charge < -0.3 is 9.47 Å². The van der Waals surface area contributed by atoms with Crippen LogP contribution in [0.4, 0.5) is 23.7 Å². The van der Waals surface area contributed by atoms with Crippen LogP contribution in [-0.4, -0.2) is 49.7 Å². The van der Waals surface area contributed by atoms with Crippen LogP contribution in [0.2, 0.25) is 5.02 Å². The van der Waals surface area contributed by atoms with Gasteiger partial charge in [0.15, 0.2) is 0 Å².